The molecule has 0 radical (unpaired) electrons. The van der Waals surface area contributed by atoms with Crippen molar-refractivity contribution in [2.45, 2.75) is 18.2 Å². The lowest BCUT2D eigenvalue weighted by atomic mass is 10.2. The Balaban J connectivity index is 2.52. The van der Waals surface area contributed by atoms with Crippen molar-refractivity contribution >= 4 is 44.9 Å². The first-order chi connectivity index (χ1) is 11.2. The minimum Gasteiger partial charge on any atom is -0.481 e. The number of rotatable bonds is 6. The van der Waals surface area contributed by atoms with E-state index in [4.69, 9.17) is 28.3 Å². The summed E-state index contributed by atoms with van der Waals surface area (Å²) in [6.45, 7) is 1.60. The van der Waals surface area contributed by atoms with E-state index in [9.17, 15) is 13.2 Å². The normalized spacial score (nSPS) is 11.3. The van der Waals surface area contributed by atoms with Crippen molar-refractivity contribution in [3.8, 4) is 0 Å². The van der Waals surface area contributed by atoms with Crippen molar-refractivity contribution in [1.29, 1.82) is 0 Å². The Kier molecular flexibility index (Phi) is 5.74. The molecule has 0 fully saturated rings. The van der Waals surface area contributed by atoms with Crippen LogP contribution in [0.3, 0.4) is 0 Å². The molecule has 0 atom stereocenters. The molecule has 5 nitrogen and oxygen atoms in total. The van der Waals surface area contributed by atoms with Crippen molar-refractivity contribution < 1.29 is 18.3 Å². The van der Waals surface area contributed by atoms with Crippen LogP contribution < -0.4 is 4.31 Å². The van der Waals surface area contributed by atoms with Crippen molar-refractivity contribution in [2.75, 3.05) is 10.8 Å². The van der Waals surface area contributed by atoms with Gasteiger partial charge in [-0.3, -0.25) is 9.10 Å². The maximum atomic E-state index is 12.9. The molecule has 0 bridgehead atoms. The number of anilines is 1. The molecule has 0 aliphatic rings. The summed E-state index contributed by atoms with van der Waals surface area (Å²) in [6, 6.07) is 10.7. The Morgan fingerprint density at radius 1 is 1.12 bits per heavy atom. The lowest BCUT2D eigenvalue weighted by molar-refractivity contribution is -0.136. The van der Waals surface area contributed by atoms with E-state index in [0.29, 0.717) is 5.02 Å². The summed E-state index contributed by atoms with van der Waals surface area (Å²) in [6.07, 6.45) is -0.357. The van der Waals surface area contributed by atoms with Gasteiger partial charge >= 0.3 is 5.97 Å². The first kappa shape index (κ1) is 18.6. The predicted octanol–water partition coefficient (Wildman–Crippen LogP) is 3.97. The number of hydrogen-bond donors (Lipinski definition) is 1. The Morgan fingerprint density at radius 3 is 2.29 bits per heavy atom. The summed E-state index contributed by atoms with van der Waals surface area (Å²) in [5.74, 6) is -1.11. The quantitative estimate of drug-likeness (QED) is 0.813. The van der Waals surface area contributed by atoms with Gasteiger partial charge in [-0.1, -0.05) is 40.9 Å². The van der Waals surface area contributed by atoms with E-state index in [2.05, 4.69) is 0 Å². The number of halogens is 2. The summed E-state index contributed by atoms with van der Waals surface area (Å²) in [7, 11) is -3.96. The third-order valence-corrected chi connectivity index (χ3v) is 5.68. The van der Waals surface area contributed by atoms with E-state index in [1.165, 1.54) is 30.3 Å². The number of sulfonamides is 1. The lowest BCUT2D eigenvalue weighted by Gasteiger charge is -2.25. The fourth-order valence-corrected chi connectivity index (χ4v) is 4.13. The van der Waals surface area contributed by atoms with Gasteiger partial charge in [-0.2, -0.15) is 0 Å². The number of carboxylic acids is 1. The molecule has 1 N–H and O–H groups in total. The van der Waals surface area contributed by atoms with Gasteiger partial charge in [0.25, 0.3) is 10.0 Å². The number of aryl methyl sites for hydroxylation is 1. The summed E-state index contributed by atoms with van der Waals surface area (Å²) in [4.78, 5) is 11.0. The molecular formula is C16H15Cl2NO4S. The molecule has 24 heavy (non-hydrogen) atoms. The Bertz CT molecular complexity index is 851. The van der Waals surface area contributed by atoms with E-state index in [-0.39, 0.29) is 28.6 Å². The van der Waals surface area contributed by atoms with Crippen molar-refractivity contribution in [1.82, 2.24) is 0 Å². The van der Waals surface area contributed by atoms with Gasteiger partial charge < -0.3 is 5.11 Å². The van der Waals surface area contributed by atoms with Crippen LogP contribution in [0.1, 0.15) is 12.0 Å². The molecule has 128 valence electrons. The van der Waals surface area contributed by atoms with Gasteiger partial charge in [0.05, 0.1) is 22.0 Å². The van der Waals surface area contributed by atoms with E-state index >= 15 is 0 Å². The van der Waals surface area contributed by atoms with Crippen LogP contribution in [0, 0.1) is 6.92 Å². The molecule has 0 aromatic heterocycles. The standard InChI is InChI=1S/C16H15Cl2NO4S/c1-11-2-5-13(6-3-11)24(22,23)19(9-8-16(20)21)15-7-4-12(17)10-14(15)18/h2-7,10H,8-9H2,1H3,(H,20,21). The van der Waals surface area contributed by atoms with E-state index < -0.39 is 16.0 Å². The predicted molar refractivity (Wildman–Crippen MR) is 94.4 cm³/mol. The van der Waals surface area contributed by atoms with Crippen LogP contribution in [-0.2, 0) is 14.8 Å². The zero-order chi connectivity index (χ0) is 17.9. The van der Waals surface area contributed by atoms with Crippen LogP contribution >= 0.6 is 23.2 Å². The van der Waals surface area contributed by atoms with Crippen molar-refractivity contribution in [2.24, 2.45) is 0 Å². The van der Waals surface area contributed by atoms with E-state index in [0.717, 1.165) is 9.87 Å². The smallest absolute Gasteiger partial charge is 0.305 e. The number of aliphatic carboxylic acids is 1. The van der Waals surface area contributed by atoms with Crippen LogP contribution in [0.15, 0.2) is 47.4 Å². The molecule has 0 aliphatic heterocycles. The van der Waals surface area contributed by atoms with Crippen LogP contribution in [-0.4, -0.2) is 26.0 Å². The van der Waals surface area contributed by atoms with E-state index in [1.807, 2.05) is 6.92 Å². The highest BCUT2D eigenvalue weighted by atomic mass is 35.5. The third kappa shape index (κ3) is 4.20. The van der Waals surface area contributed by atoms with Gasteiger partial charge in [0.15, 0.2) is 0 Å². The zero-order valence-electron chi connectivity index (χ0n) is 12.7. The second-order valence-electron chi connectivity index (χ2n) is 5.13. The minimum atomic E-state index is -3.96. The summed E-state index contributed by atoms with van der Waals surface area (Å²) >= 11 is 12.0. The number of nitrogens with zero attached hydrogens (tertiary/aromatic N) is 1. The molecule has 2 rings (SSSR count). The van der Waals surface area contributed by atoms with Gasteiger partial charge in [0, 0.05) is 11.6 Å². The van der Waals surface area contributed by atoms with Gasteiger partial charge in [-0.15, -0.1) is 0 Å². The largest absolute Gasteiger partial charge is 0.481 e. The third-order valence-electron chi connectivity index (χ3n) is 3.32. The van der Waals surface area contributed by atoms with Gasteiger partial charge in [-0.25, -0.2) is 8.42 Å². The van der Waals surface area contributed by atoms with Gasteiger partial charge in [0.1, 0.15) is 0 Å². The molecular weight excluding hydrogens is 373 g/mol. The number of carbonyl (C=O) groups is 1. The second-order valence-corrected chi connectivity index (χ2v) is 7.84. The fourth-order valence-electron chi connectivity index (χ4n) is 2.09. The highest BCUT2D eigenvalue weighted by Gasteiger charge is 2.27. The van der Waals surface area contributed by atoms with Gasteiger partial charge in [0.2, 0.25) is 0 Å². The molecule has 0 saturated heterocycles. The SMILES string of the molecule is Cc1ccc(S(=O)(=O)N(CCC(=O)O)c2ccc(Cl)cc2Cl)cc1. The molecule has 2 aromatic rings. The Hall–Kier alpha value is -1.76. The molecule has 0 unspecified atom stereocenters. The van der Waals surface area contributed by atoms with Crippen LogP contribution in [0.25, 0.3) is 0 Å². The summed E-state index contributed by atoms with van der Waals surface area (Å²) in [5.41, 5.74) is 1.10. The number of carboxylic acid groups (broad SMARTS) is 1. The van der Waals surface area contributed by atoms with Gasteiger partial charge in [-0.05, 0) is 37.3 Å². The second kappa shape index (κ2) is 7.42. The average molecular weight is 388 g/mol. The van der Waals surface area contributed by atoms with Crippen LogP contribution in [0.4, 0.5) is 5.69 Å². The maximum Gasteiger partial charge on any atom is 0.305 e. The van der Waals surface area contributed by atoms with Crippen LogP contribution in [0.5, 0.6) is 0 Å². The Labute approximate surface area is 150 Å². The molecule has 0 heterocycles. The van der Waals surface area contributed by atoms with Crippen molar-refractivity contribution in [3.05, 3.63) is 58.1 Å². The molecule has 0 saturated carbocycles. The zero-order valence-corrected chi connectivity index (χ0v) is 15.1. The highest BCUT2D eigenvalue weighted by molar-refractivity contribution is 7.92. The number of benzene rings is 2. The molecule has 0 spiro atoms. The highest BCUT2D eigenvalue weighted by Crippen LogP contribution is 2.32. The first-order valence-electron chi connectivity index (χ1n) is 6.98. The Morgan fingerprint density at radius 2 is 1.75 bits per heavy atom. The van der Waals surface area contributed by atoms with Crippen molar-refractivity contribution in [3.63, 3.8) is 0 Å². The van der Waals surface area contributed by atoms with Crippen LogP contribution in [0.2, 0.25) is 10.0 Å². The van der Waals surface area contributed by atoms with E-state index in [1.54, 1.807) is 12.1 Å². The minimum absolute atomic E-state index is 0.0597. The fraction of sp³-hybridized carbons (Fsp3) is 0.188. The maximum absolute atomic E-state index is 12.9. The molecule has 0 amide bonds. The summed E-state index contributed by atoms with van der Waals surface area (Å²) < 4.78 is 26.9. The number of hydrogen-bond acceptors (Lipinski definition) is 3. The average Bonchev–Trinajstić information content (AvgIpc) is 2.49. The summed E-state index contributed by atoms with van der Waals surface area (Å²) in [5, 5.41) is 9.40. The monoisotopic (exact) mass is 387 g/mol. The molecule has 2 aromatic carbocycles. The molecule has 8 heteroatoms. The first-order valence-corrected chi connectivity index (χ1v) is 9.17. The molecule has 0 aliphatic carbocycles. The lowest BCUT2D eigenvalue weighted by Crippen LogP contribution is -2.33. The topological polar surface area (TPSA) is 74.7 Å².